The van der Waals surface area contributed by atoms with Gasteiger partial charge in [0.2, 0.25) is 10.0 Å². The van der Waals surface area contributed by atoms with E-state index in [0.717, 1.165) is 5.69 Å². The van der Waals surface area contributed by atoms with Crippen LogP contribution >= 0.6 is 0 Å². The number of fused-ring (bicyclic) bond motifs is 1. The molecule has 3 aromatic rings. The minimum absolute atomic E-state index is 0.0836. The molecule has 26 heavy (non-hydrogen) atoms. The number of aromatic amines is 1. The molecule has 0 spiro atoms. The van der Waals surface area contributed by atoms with E-state index < -0.39 is 16.1 Å². The number of rotatable bonds is 6. The molecule has 0 aromatic carbocycles. The fourth-order valence-corrected chi connectivity index (χ4v) is 4.03. The molecular weight excluding hydrogens is 356 g/mol. The van der Waals surface area contributed by atoms with Crippen LogP contribution in [0.1, 0.15) is 38.2 Å². The van der Waals surface area contributed by atoms with Gasteiger partial charge in [-0.1, -0.05) is 13.8 Å². The molecule has 10 heteroatoms. The van der Waals surface area contributed by atoms with Gasteiger partial charge in [-0.05, 0) is 19.8 Å². The summed E-state index contributed by atoms with van der Waals surface area (Å²) in [6.45, 7) is 8.01. The second-order valence-corrected chi connectivity index (χ2v) is 8.24. The number of nitrogens with one attached hydrogen (secondary N) is 2. The minimum Gasteiger partial charge on any atom is -0.294 e. The third-order valence-electron chi connectivity index (χ3n) is 4.11. The molecule has 1 atom stereocenters. The first-order chi connectivity index (χ1) is 12.2. The second-order valence-electron chi connectivity index (χ2n) is 6.53. The highest BCUT2D eigenvalue weighted by atomic mass is 32.2. The van der Waals surface area contributed by atoms with Crippen LogP contribution in [0, 0.1) is 12.8 Å². The van der Waals surface area contributed by atoms with Crippen molar-refractivity contribution < 1.29 is 8.42 Å². The first-order valence-corrected chi connectivity index (χ1v) is 9.83. The predicted octanol–water partition coefficient (Wildman–Crippen LogP) is 1.22. The lowest BCUT2D eigenvalue weighted by Crippen LogP contribution is -2.33. The summed E-state index contributed by atoms with van der Waals surface area (Å²) in [5.41, 5.74) is 1.34. The van der Waals surface area contributed by atoms with Crippen molar-refractivity contribution in [3.05, 3.63) is 46.3 Å². The molecule has 9 nitrogen and oxygen atoms in total. The van der Waals surface area contributed by atoms with Gasteiger partial charge in [-0.25, -0.2) is 22.6 Å². The van der Waals surface area contributed by atoms with Crippen molar-refractivity contribution in [2.24, 2.45) is 5.92 Å². The van der Waals surface area contributed by atoms with E-state index in [9.17, 15) is 13.2 Å². The van der Waals surface area contributed by atoms with Crippen LogP contribution in [0.15, 0.2) is 34.2 Å². The highest BCUT2D eigenvalue weighted by Crippen LogP contribution is 2.22. The Kier molecular flexibility index (Phi) is 4.72. The van der Waals surface area contributed by atoms with Crippen LogP contribution in [0.2, 0.25) is 0 Å². The van der Waals surface area contributed by atoms with E-state index in [1.54, 1.807) is 6.07 Å². The van der Waals surface area contributed by atoms with Crippen LogP contribution in [-0.2, 0) is 16.6 Å². The number of sulfonamides is 1. The van der Waals surface area contributed by atoms with Gasteiger partial charge in [0, 0.05) is 30.6 Å². The maximum Gasteiger partial charge on any atom is 0.272 e. The zero-order chi connectivity index (χ0) is 19.1. The number of H-pyrrole nitrogens is 1. The number of nitrogens with zero attached hydrogens (tertiary/aromatic N) is 4. The molecule has 0 saturated carbocycles. The smallest absolute Gasteiger partial charge is 0.272 e. The van der Waals surface area contributed by atoms with E-state index in [4.69, 9.17) is 0 Å². The molecule has 0 amide bonds. The first-order valence-electron chi connectivity index (χ1n) is 8.35. The van der Waals surface area contributed by atoms with Gasteiger partial charge in [0.25, 0.3) is 5.56 Å². The van der Waals surface area contributed by atoms with Gasteiger partial charge in [-0.3, -0.25) is 14.6 Å². The van der Waals surface area contributed by atoms with Crippen molar-refractivity contribution in [2.45, 2.75) is 45.2 Å². The zero-order valence-corrected chi connectivity index (χ0v) is 15.9. The number of aryl methyl sites for hydroxylation is 2. The van der Waals surface area contributed by atoms with E-state index in [1.165, 1.54) is 27.7 Å². The fraction of sp³-hybridized carbons (Fsp3) is 0.438. The van der Waals surface area contributed by atoms with Crippen molar-refractivity contribution in [2.75, 3.05) is 0 Å². The summed E-state index contributed by atoms with van der Waals surface area (Å²) in [7, 11) is -3.79. The summed E-state index contributed by atoms with van der Waals surface area (Å²) < 4.78 is 31.0. The Morgan fingerprint density at radius 2 is 2.04 bits per heavy atom. The Morgan fingerprint density at radius 3 is 2.65 bits per heavy atom. The maximum atomic E-state index is 12.7. The van der Waals surface area contributed by atoms with Crippen molar-refractivity contribution in [3.63, 3.8) is 0 Å². The van der Waals surface area contributed by atoms with Crippen molar-refractivity contribution in [3.8, 4) is 0 Å². The van der Waals surface area contributed by atoms with Crippen LogP contribution < -0.4 is 10.3 Å². The molecule has 0 bridgehead atoms. The van der Waals surface area contributed by atoms with Gasteiger partial charge in [-0.15, -0.1) is 0 Å². The predicted molar refractivity (Wildman–Crippen MR) is 96.4 cm³/mol. The van der Waals surface area contributed by atoms with Crippen LogP contribution in [0.5, 0.6) is 0 Å². The van der Waals surface area contributed by atoms with Gasteiger partial charge in [0.1, 0.15) is 4.90 Å². The van der Waals surface area contributed by atoms with E-state index in [2.05, 4.69) is 19.9 Å². The topological polar surface area (TPSA) is 114 Å². The lowest BCUT2D eigenvalue weighted by atomic mass is 10.0. The lowest BCUT2D eigenvalue weighted by Gasteiger charge is -2.21. The van der Waals surface area contributed by atoms with Gasteiger partial charge < -0.3 is 0 Å². The summed E-state index contributed by atoms with van der Waals surface area (Å²) in [6.07, 6.45) is 2.78. The minimum atomic E-state index is -3.79. The summed E-state index contributed by atoms with van der Waals surface area (Å²) in [5, 5.41) is 6.91. The molecule has 0 aliphatic heterocycles. The fourth-order valence-electron chi connectivity index (χ4n) is 2.72. The SMILES string of the molecule is CCn1cc(S(=O)(=O)N[C@@H](c2cc(=O)n3[nH]c(C)cc3n2)C(C)C)cn1. The molecule has 0 fully saturated rings. The van der Waals surface area contributed by atoms with Crippen LogP contribution in [0.25, 0.3) is 5.65 Å². The van der Waals surface area contributed by atoms with Gasteiger partial charge in [0.05, 0.1) is 17.9 Å². The second kappa shape index (κ2) is 6.69. The van der Waals surface area contributed by atoms with Crippen molar-refractivity contribution in [1.82, 2.24) is 29.1 Å². The maximum absolute atomic E-state index is 12.7. The van der Waals surface area contributed by atoms with Crippen LogP contribution in [-0.4, -0.2) is 32.8 Å². The van der Waals surface area contributed by atoms with Crippen molar-refractivity contribution >= 4 is 15.7 Å². The van der Waals surface area contributed by atoms with Crippen LogP contribution in [0.3, 0.4) is 0 Å². The van der Waals surface area contributed by atoms with E-state index in [0.29, 0.717) is 17.9 Å². The Balaban J connectivity index is 2.01. The highest BCUT2D eigenvalue weighted by molar-refractivity contribution is 7.89. The largest absolute Gasteiger partial charge is 0.294 e. The zero-order valence-electron chi connectivity index (χ0n) is 15.1. The molecule has 3 heterocycles. The van der Waals surface area contributed by atoms with E-state index >= 15 is 0 Å². The van der Waals surface area contributed by atoms with Gasteiger partial charge in [-0.2, -0.15) is 5.10 Å². The summed E-state index contributed by atoms with van der Waals surface area (Å²) in [6, 6.07) is 2.45. The molecule has 140 valence electrons. The quantitative estimate of drug-likeness (QED) is 0.669. The molecule has 0 radical (unpaired) electrons. The normalized spacial score (nSPS) is 13.6. The molecule has 0 aliphatic rings. The standard InChI is InChI=1S/C16H22N6O3S/c1-5-21-9-12(8-17-21)26(24,25)20-16(10(2)3)13-7-15(23)22-14(18-13)6-11(4)19-22/h6-10,16,19-20H,5H2,1-4H3/t16-/m1/s1. The molecular formula is C16H22N6O3S. The number of aromatic nitrogens is 5. The highest BCUT2D eigenvalue weighted by Gasteiger charge is 2.27. The average Bonchev–Trinajstić information content (AvgIpc) is 3.18. The van der Waals surface area contributed by atoms with E-state index in [1.807, 2.05) is 27.7 Å². The monoisotopic (exact) mass is 378 g/mol. The summed E-state index contributed by atoms with van der Waals surface area (Å²) in [5.74, 6) is -0.111. The molecule has 0 unspecified atom stereocenters. The summed E-state index contributed by atoms with van der Waals surface area (Å²) >= 11 is 0. The van der Waals surface area contributed by atoms with E-state index in [-0.39, 0.29) is 16.4 Å². The third kappa shape index (κ3) is 3.42. The first kappa shape index (κ1) is 18.3. The Morgan fingerprint density at radius 1 is 1.31 bits per heavy atom. The average molecular weight is 378 g/mol. The molecule has 3 rings (SSSR count). The van der Waals surface area contributed by atoms with Crippen LogP contribution in [0.4, 0.5) is 0 Å². The third-order valence-corrected chi connectivity index (χ3v) is 5.51. The molecule has 2 N–H and O–H groups in total. The Labute approximate surface area is 151 Å². The summed E-state index contributed by atoms with van der Waals surface area (Å²) in [4.78, 5) is 16.9. The van der Waals surface area contributed by atoms with Gasteiger partial charge >= 0.3 is 0 Å². The Bertz CT molecular complexity index is 1090. The molecule has 3 aromatic heterocycles. The molecule has 0 saturated heterocycles. The van der Waals surface area contributed by atoms with Crippen molar-refractivity contribution in [1.29, 1.82) is 0 Å². The van der Waals surface area contributed by atoms with Gasteiger partial charge in [0.15, 0.2) is 5.65 Å². The Hall–Kier alpha value is -2.46. The molecule has 0 aliphatic carbocycles. The number of hydrogen-bond donors (Lipinski definition) is 2. The number of hydrogen-bond acceptors (Lipinski definition) is 5. The lowest BCUT2D eigenvalue weighted by molar-refractivity contribution is 0.453.